The van der Waals surface area contributed by atoms with Gasteiger partial charge >= 0.3 is 0 Å². The molecule has 0 N–H and O–H groups in total. The molecule has 0 saturated heterocycles. The highest BCUT2D eigenvalue weighted by Gasteiger charge is 2.14. The summed E-state index contributed by atoms with van der Waals surface area (Å²) in [5.41, 5.74) is 1.63. The molecule has 27 heavy (non-hydrogen) atoms. The summed E-state index contributed by atoms with van der Waals surface area (Å²) in [5, 5.41) is 0. The van der Waals surface area contributed by atoms with E-state index >= 15 is 0 Å². The van der Waals surface area contributed by atoms with Crippen molar-refractivity contribution in [2.45, 2.75) is 6.54 Å². The molecule has 0 bridgehead atoms. The van der Waals surface area contributed by atoms with Crippen LogP contribution < -0.4 is 4.80 Å². The minimum absolute atomic E-state index is 0.00212. The molecule has 0 radical (unpaired) electrons. The van der Waals surface area contributed by atoms with Crippen molar-refractivity contribution in [2.24, 2.45) is 4.99 Å². The molecule has 0 aliphatic rings. The highest BCUT2D eigenvalue weighted by Crippen LogP contribution is 2.22. The molecule has 2 aromatic carbocycles. The molecule has 2 heterocycles. The van der Waals surface area contributed by atoms with Crippen LogP contribution in [0.25, 0.3) is 21.3 Å². The number of carbonyl (C=O) groups is 1. The number of amides is 1. The monoisotopic (exact) mass is 380 g/mol. The maximum absolute atomic E-state index is 14.2. The number of hydrogen-bond acceptors (Lipinski definition) is 4. The zero-order valence-electron chi connectivity index (χ0n) is 13.7. The maximum Gasteiger partial charge on any atom is 0.279 e. The average molecular weight is 380 g/mol. The predicted molar refractivity (Wildman–Crippen MR) is 98.0 cm³/mol. The van der Waals surface area contributed by atoms with Gasteiger partial charge in [0, 0.05) is 24.0 Å². The van der Waals surface area contributed by atoms with Crippen LogP contribution in [0.1, 0.15) is 10.4 Å². The Bertz CT molecular complexity index is 1320. The van der Waals surface area contributed by atoms with Crippen LogP contribution in [0.4, 0.5) is 8.78 Å². The van der Waals surface area contributed by atoms with Crippen LogP contribution in [-0.2, 0) is 6.54 Å². The van der Waals surface area contributed by atoms with E-state index in [0.29, 0.717) is 21.3 Å². The number of rotatable bonds is 2. The second-order valence-electron chi connectivity index (χ2n) is 5.59. The molecule has 0 saturated carbocycles. The first-order valence-electron chi connectivity index (χ1n) is 7.78. The van der Waals surface area contributed by atoms with E-state index in [-0.39, 0.29) is 16.9 Å². The molecule has 0 aliphatic carbocycles. The highest BCUT2D eigenvalue weighted by atomic mass is 32.1. The van der Waals surface area contributed by atoms with Crippen LogP contribution >= 0.6 is 11.3 Å². The summed E-state index contributed by atoms with van der Waals surface area (Å²) in [6.07, 6.45) is 8.44. The molecule has 8 heteroatoms. The maximum atomic E-state index is 14.2. The Kier molecular flexibility index (Phi) is 4.22. The van der Waals surface area contributed by atoms with E-state index in [1.165, 1.54) is 16.8 Å². The molecule has 2 aromatic heterocycles. The largest absolute Gasteiger partial charge is 0.302 e. The third-order valence-corrected chi connectivity index (χ3v) is 4.88. The van der Waals surface area contributed by atoms with E-state index < -0.39 is 17.5 Å². The van der Waals surface area contributed by atoms with E-state index in [1.807, 2.05) is 0 Å². The van der Waals surface area contributed by atoms with Crippen molar-refractivity contribution in [3.05, 3.63) is 64.7 Å². The van der Waals surface area contributed by atoms with E-state index in [4.69, 9.17) is 6.42 Å². The second-order valence-corrected chi connectivity index (χ2v) is 6.60. The van der Waals surface area contributed by atoms with Crippen LogP contribution in [0.2, 0.25) is 0 Å². The first kappa shape index (κ1) is 17.0. The van der Waals surface area contributed by atoms with Gasteiger partial charge in [0.1, 0.15) is 5.82 Å². The first-order valence-corrected chi connectivity index (χ1v) is 8.60. The lowest BCUT2D eigenvalue weighted by molar-refractivity contribution is 0.0998. The summed E-state index contributed by atoms with van der Waals surface area (Å²) in [5.74, 6) is 0.394. The summed E-state index contributed by atoms with van der Waals surface area (Å²) in [6.45, 7) is -0.00212. The lowest BCUT2D eigenvalue weighted by Gasteiger charge is -2.01. The van der Waals surface area contributed by atoms with Crippen LogP contribution in [0.15, 0.2) is 47.7 Å². The molecule has 0 spiro atoms. The first-order chi connectivity index (χ1) is 13.1. The minimum Gasteiger partial charge on any atom is -0.302 e. The van der Waals surface area contributed by atoms with Gasteiger partial charge in [-0.1, -0.05) is 17.3 Å². The minimum atomic E-state index is -0.758. The number of hydrogen-bond donors (Lipinski definition) is 0. The molecule has 0 unspecified atom stereocenters. The van der Waals surface area contributed by atoms with Crippen LogP contribution in [-0.4, -0.2) is 20.4 Å². The third kappa shape index (κ3) is 3.09. The summed E-state index contributed by atoms with van der Waals surface area (Å²) >= 11 is 0.991. The standard InChI is InChI=1S/C19H10F2N4OS/c1-2-7-25-17-13(21)9-12(20)10-16(17)27-19(25)24-18(26)11-3-4-14-15(8-11)23-6-5-22-14/h1,3-6,8-10H,7H2. The van der Waals surface area contributed by atoms with Crippen molar-refractivity contribution in [1.29, 1.82) is 0 Å². The van der Waals surface area contributed by atoms with Crippen LogP contribution in [0.3, 0.4) is 0 Å². The molecule has 0 fully saturated rings. The SMILES string of the molecule is C#CCn1c(=NC(=O)c2ccc3nccnc3c2)sc2cc(F)cc(F)c21. The molecule has 1 amide bonds. The molecule has 132 valence electrons. The smallest absolute Gasteiger partial charge is 0.279 e. The van der Waals surface area contributed by atoms with E-state index in [9.17, 15) is 13.6 Å². The van der Waals surface area contributed by atoms with Crippen molar-refractivity contribution in [2.75, 3.05) is 0 Å². The Labute approximate surface area is 155 Å². The Morgan fingerprint density at radius 1 is 1.19 bits per heavy atom. The summed E-state index contributed by atoms with van der Waals surface area (Å²) in [4.78, 5) is 25.2. The van der Waals surface area contributed by atoms with Crippen LogP contribution in [0, 0.1) is 24.0 Å². The fraction of sp³-hybridized carbons (Fsp3) is 0.0526. The van der Waals surface area contributed by atoms with Crippen molar-refractivity contribution < 1.29 is 13.6 Å². The second kappa shape index (κ2) is 6.70. The van der Waals surface area contributed by atoms with Crippen molar-refractivity contribution in [3.8, 4) is 12.3 Å². The topological polar surface area (TPSA) is 60.1 Å². The fourth-order valence-corrected chi connectivity index (χ4v) is 3.77. The van der Waals surface area contributed by atoms with Crippen LogP contribution in [0.5, 0.6) is 0 Å². The lowest BCUT2D eigenvalue weighted by atomic mass is 10.2. The van der Waals surface area contributed by atoms with Crippen molar-refractivity contribution >= 4 is 38.5 Å². The van der Waals surface area contributed by atoms with Gasteiger partial charge in [0.15, 0.2) is 10.6 Å². The Morgan fingerprint density at radius 2 is 1.96 bits per heavy atom. The lowest BCUT2D eigenvalue weighted by Crippen LogP contribution is -2.17. The van der Waals surface area contributed by atoms with E-state index in [2.05, 4.69) is 20.9 Å². The van der Waals surface area contributed by atoms with Crippen molar-refractivity contribution in [3.63, 3.8) is 0 Å². The Morgan fingerprint density at radius 3 is 2.74 bits per heavy atom. The number of halogens is 2. The molecule has 0 aliphatic heterocycles. The van der Waals surface area contributed by atoms with Gasteiger partial charge in [0.25, 0.3) is 5.91 Å². The molecule has 4 rings (SSSR count). The number of terminal acetylenes is 1. The highest BCUT2D eigenvalue weighted by molar-refractivity contribution is 7.16. The summed E-state index contributed by atoms with van der Waals surface area (Å²) < 4.78 is 29.4. The number of nitrogens with zero attached hydrogens (tertiary/aromatic N) is 4. The van der Waals surface area contributed by atoms with Gasteiger partial charge in [0.05, 0.1) is 27.8 Å². The van der Waals surface area contributed by atoms with Gasteiger partial charge in [0.2, 0.25) is 0 Å². The van der Waals surface area contributed by atoms with Gasteiger partial charge in [-0.25, -0.2) is 8.78 Å². The number of benzene rings is 2. The average Bonchev–Trinajstić information content (AvgIpc) is 2.98. The third-order valence-electron chi connectivity index (χ3n) is 3.86. The van der Waals surface area contributed by atoms with E-state index in [1.54, 1.807) is 24.4 Å². The van der Waals surface area contributed by atoms with Crippen molar-refractivity contribution in [1.82, 2.24) is 14.5 Å². The van der Waals surface area contributed by atoms with Gasteiger partial charge in [-0.2, -0.15) is 4.99 Å². The number of carbonyl (C=O) groups excluding carboxylic acids is 1. The van der Waals surface area contributed by atoms with Gasteiger partial charge in [-0.15, -0.1) is 6.42 Å². The Balaban J connectivity index is 1.88. The molecule has 4 aromatic rings. The molecular formula is C19H10F2N4OS. The van der Waals surface area contributed by atoms with E-state index in [0.717, 1.165) is 17.4 Å². The summed E-state index contributed by atoms with van der Waals surface area (Å²) in [7, 11) is 0. The zero-order valence-corrected chi connectivity index (χ0v) is 14.5. The summed E-state index contributed by atoms with van der Waals surface area (Å²) in [6, 6.07) is 6.79. The van der Waals surface area contributed by atoms with Gasteiger partial charge in [-0.05, 0) is 24.3 Å². The number of thiazole rings is 1. The molecule has 5 nitrogen and oxygen atoms in total. The molecule has 0 atom stereocenters. The quantitative estimate of drug-likeness (QED) is 0.502. The zero-order chi connectivity index (χ0) is 19.0. The predicted octanol–water partition coefficient (Wildman–Crippen LogP) is 3.30. The number of fused-ring (bicyclic) bond motifs is 2. The number of aromatic nitrogens is 3. The molecular weight excluding hydrogens is 370 g/mol. The fourth-order valence-electron chi connectivity index (χ4n) is 2.70. The van der Waals surface area contributed by atoms with Gasteiger partial charge < -0.3 is 4.57 Å². The van der Waals surface area contributed by atoms with Gasteiger partial charge in [-0.3, -0.25) is 14.8 Å². The Hall–Kier alpha value is -3.44. The normalized spacial score (nSPS) is 11.8.